The highest BCUT2D eigenvalue weighted by Gasteiger charge is 2.28. The fourth-order valence-electron chi connectivity index (χ4n) is 1.95. The number of nitrogens with zero attached hydrogens (tertiary/aromatic N) is 1. The number of carboxylic acids is 1. The van der Waals surface area contributed by atoms with Gasteiger partial charge in [0.25, 0.3) is 0 Å². The summed E-state index contributed by atoms with van der Waals surface area (Å²) >= 11 is 0. The summed E-state index contributed by atoms with van der Waals surface area (Å²) < 4.78 is 0. The summed E-state index contributed by atoms with van der Waals surface area (Å²) in [4.78, 5) is 35.6. The number of hydrogen-bond acceptors (Lipinski definition) is 3. The zero-order chi connectivity index (χ0) is 13.7. The van der Waals surface area contributed by atoms with Crippen LogP contribution >= 0.6 is 0 Å². The van der Waals surface area contributed by atoms with Crippen molar-refractivity contribution in [3.05, 3.63) is 0 Å². The molecule has 0 aromatic carbocycles. The Morgan fingerprint density at radius 1 is 1.50 bits per heavy atom. The second-order valence-electron chi connectivity index (χ2n) is 4.69. The summed E-state index contributed by atoms with van der Waals surface area (Å²) in [5.41, 5.74) is 0. The van der Waals surface area contributed by atoms with Crippen molar-refractivity contribution >= 4 is 17.8 Å². The van der Waals surface area contributed by atoms with E-state index in [9.17, 15) is 14.4 Å². The van der Waals surface area contributed by atoms with Gasteiger partial charge in [-0.3, -0.25) is 9.59 Å². The maximum atomic E-state index is 11.7. The lowest BCUT2D eigenvalue weighted by molar-refractivity contribution is -0.143. The van der Waals surface area contributed by atoms with E-state index in [0.29, 0.717) is 19.4 Å². The third kappa shape index (κ3) is 3.72. The minimum absolute atomic E-state index is 0.0411. The first-order valence-electron chi connectivity index (χ1n) is 6.25. The molecular formula is C12H20N2O4. The summed E-state index contributed by atoms with van der Waals surface area (Å²) in [5.74, 6) is -1.62. The van der Waals surface area contributed by atoms with Gasteiger partial charge in [-0.2, -0.15) is 0 Å². The van der Waals surface area contributed by atoms with E-state index in [0.717, 1.165) is 6.42 Å². The smallest absolute Gasteiger partial charge is 0.326 e. The first-order chi connectivity index (χ1) is 8.45. The van der Waals surface area contributed by atoms with Crippen LogP contribution in [0.2, 0.25) is 0 Å². The van der Waals surface area contributed by atoms with Crippen LogP contribution in [0.3, 0.4) is 0 Å². The maximum absolute atomic E-state index is 11.7. The van der Waals surface area contributed by atoms with Gasteiger partial charge < -0.3 is 15.3 Å². The number of carboxylic acid groups (broad SMARTS) is 1. The van der Waals surface area contributed by atoms with Crippen molar-refractivity contribution < 1.29 is 19.5 Å². The van der Waals surface area contributed by atoms with Crippen molar-refractivity contribution in [1.82, 2.24) is 10.2 Å². The molecule has 2 atom stereocenters. The molecule has 0 spiro atoms. The van der Waals surface area contributed by atoms with Gasteiger partial charge in [-0.25, -0.2) is 4.79 Å². The monoisotopic (exact) mass is 256 g/mol. The van der Waals surface area contributed by atoms with Gasteiger partial charge in [0.05, 0.1) is 6.54 Å². The van der Waals surface area contributed by atoms with Crippen LogP contribution in [0, 0.1) is 5.92 Å². The lowest BCUT2D eigenvalue weighted by Gasteiger charge is -2.22. The quantitative estimate of drug-likeness (QED) is 0.712. The Kier molecular flexibility index (Phi) is 5.12. The molecule has 2 N–H and O–H groups in total. The Hall–Kier alpha value is -1.59. The van der Waals surface area contributed by atoms with Crippen LogP contribution < -0.4 is 5.32 Å². The summed E-state index contributed by atoms with van der Waals surface area (Å²) in [6, 6.07) is -0.889. The topological polar surface area (TPSA) is 86.7 Å². The van der Waals surface area contributed by atoms with E-state index >= 15 is 0 Å². The third-order valence-electron chi connectivity index (χ3n) is 3.30. The molecule has 0 radical (unpaired) electrons. The van der Waals surface area contributed by atoms with Crippen LogP contribution in [0.4, 0.5) is 0 Å². The van der Waals surface area contributed by atoms with Gasteiger partial charge in [0.2, 0.25) is 11.8 Å². The van der Waals surface area contributed by atoms with Crippen molar-refractivity contribution in [2.45, 2.75) is 39.2 Å². The normalized spacial score (nSPS) is 18.6. The number of aliphatic carboxylic acids is 1. The highest BCUT2D eigenvalue weighted by Crippen LogP contribution is 2.10. The van der Waals surface area contributed by atoms with Gasteiger partial charge in [0.15, 0.2) is 0 Å². The van der Waals surface area contributed by atoms with Gasteiger partial charge in [0.1, 0.15) is 6.04 Å². The molecule has 1 aliphatic heterocycles. The molecule has 1 saturated heterocycles. The fraction of sp³-hybridized carbons (Fsp3) is 0.750. The molecule has 6 heteroatoms. The second-order valence-corrected chi connectivity index (χ2v) is 4.69. The van der Waals surface area contributed by atoms with Crippen molar-refractivity contribution in [3.8, 4) is 0 Å². The Bertz CT molecular complexity index is 343. The first kappa shape index (κ1) is 14.5. The summed E-state index contributed by atoms with van der Waals surface area (Å²) in [5, 5.41) is 11.5. The third-order valence-corrected chi connectivity index (χ3v) is 3.30. The largest absolute Gasteiger partial charge is 0.480 e. The summed E-state index contributed by atoms with van der Waals surface area (Å²) in [7, 11) is 0. The lowest BCUT2D eigenvalue weighted by atomic mass is 9.99. The summed E-state index contributed by atoms with van der Waals surface area (Å²) in [6.07, 6.45) is 1.90. The van der Waals surface area contributed by atoms with Crippen LogP contribution in [0.5, 0.6) is 0 Å². The molecule has 1 rings (SSSR count). The minimum Gasteiger partial charge on any atom is -0.480 e. The van der Waals surface area contributed by atoms with Crippen molar-refractivity contribution in [2.24, 2.45) is 5.92 Å². The molecule has 1 fully saturated rings. The molecule has 1 heterocycles. The van der Waals surface area contributed by atoms with Gasteiger partial charge in [-0.05, 0) is 12.3 Å². The maximum Gasteiger partial charge on any atom is 0.326 e. The standard InChI is InChI=1S/C12H20N2O4/c1-3-8(2)11(12(17)18)13-9(15)7-14-6-4-5-10(14)16/h8,11H,3-7H2,1-2H3,(H,13,15)(H,17,18)/t8-,11-/m0/s1. The second kappa shape index (κ2) is 6.37. The van der Waals surface area contributed by atoms with Crippen molar-refractivity contribution in [2.75, 3.05) is 13.1 Å². The SMILES string of the molecule is CC[C@H](C)[C@H](NC(=O)CN1CCCC1=O)C(=O)O. The molecule has 0 aromatic rings. The van der Waals surface area contributed by atoms with Crippen molar-refractivity contribution in [1.29, 1.82) is 0 Å². The van der Waals surface area contributed by atoms with Gasteiger partial charge in [0, 0.05) is 13.0 Å². The van der Waals surface area contributed by atoms with Crippen LogP contribution in [-0.2, 0) is 14.4 Å². The number of carbonyl (C=O) groups excluding carboxylic acids is 2. The van der Waals surface area contributed by atoms with Crippen LogP contribution in [0.15, 0.2) is 0 Å². The lowest BCUT2D eigenvalue weighted by Crippen LogP contribution is -2.48. The molecule has 0 saturated carbocycles. The van der Waals surface area contributed by atoms with E-state index in [1.165, 1.54) is 4.90 Å². The molecular weight excluding hydrogens is 236 g/mol. The molecule has 102 valence electrons. The molecule has 0 aromatic heterocycles. The Labute approximate surface area is 106 Å². The summed E-state index contributed by atoms with van der Waals surface area (Å²) in [6.45, 7) is 4.18. The van der Waals surface area contributed by atoms with Crippen molar-refractivity contribution in [3.63, 3.8) is 0 Å². The Morgan fingerprint density at radius 3 is 2.61 bits per heavy atom. The molecule has 0 aliphatic carbocycles. The van der Waals surface area contributed by atoms with E-state index in [1.54, 1.807) is 6.92 Å². The number of likely N-dealkylation sites (tertiary alicyclic amines) is 1. The van der Waals surface area contributed by atoms with E-state index in [2.05, 4.69) is 5.32 Å². The first-order valence-corrected chi connectivity index (χ1v) is 6.25. The van der Waals surface area contributed by atoms with Gasteiger partial charge in [-0.1, -0.05) is 20.3 Å². The number of nitrogens with one attached hydrogen (secondary N) is 1. The van der Waals surface area contributed by atoms with Gasteiger partial charge >= 0.3 is 5.97 Å². The predicted octanol–water partition coefficient (Wildman–Crippen LogP) is 0.224. The number of amides is 2. The zero-order valence-electron chi connectivity index (χ0n) is 10.8. The molecule has 1 aliphatic rings. The zero-order valence-corrected chi connectivity index (χ0v) is 10.8. The number of carbonyl (C=O) groups is 3. The molecule has 6 nitrogen and oxygen atoms in total. The highest BCUT2D eigenvalue weighted by molar-refractivity contribution is 5.88. The molecule has 2 amide bonds. The Morgan fingerprint density at radius 2 is 2.17 bits per heavy atom. The number of rotatable bonds is 6. The van der Waals surface area contributed by atoms with E-state index in [1.807, 2.05) is 6.92 Å². The molecule has 18 heavy (non-hydrogen) atoms. The number of hydrogen-bond donors (Lipinski definition) is 2. The highest BCUT2D eigenvalue weighted by atomic mass is 16.4. The van der Waals surface area contributed by atoms with E-state index < -0.39 is 17.9 Å². The minimum atomic E-state index is -1.04. The molecule has 0 bridgehead atoms. The molecule has 0 unspecified atom stereocenters. The average Bonchev–Trinajstić information content (AvgIpc) is 2.70. The van der Waals surface area contributed by atoms with Crippen LogP contribution in [0.25, 0.3) is 0 Å². The predicted molar refractivity (Wildman–Crippen MR) is 64.8 cm³/mol. The van der Waals surface area contributed by atoms with Crippen LogP contribution in [0.1, 0.15) is 33.1 Å². The van der Waals surface area contributed by atoms with Crippen LogP contribution in [-0.4, -0.2) is 46.9 Å². The average molecular weight is 256 g/mol. The van der Waals surface area contributed by atoms with Gasteiger partial charge in [-0.15, -0.1) is 0 Å². The Balaban J connectivity index is 2.51. The van der Waals surface area contributed by atoms with E-state index in [4.69, 9.17) is 5.11 Å². The fourth-order valence-corrected chi connectivity index (χ4v) is 1.95. The van der Waals surface area contributed by atoms with E-state index in [-0.39, 0.29) is 18.4 Å².